The van der Waals surface area contributed by atoms with E-state index in [0.29, 0.717) is 11.7 Å². The molecule has 0 spiro atoms. The van der Waals surface area contributed by atoms with E-state index >= 15 is 0 Å². The Morgan fingerprint density at radius 1 is 0.923 bits per heavy atom. The maximum Gasteiger partial charge on any atom is 0.225 e. The van der Waals surface area contributed by atoms with E-state index in [1.165, 1.54) is 0 Å². The normalized spacial score (nSPS) is 23.1. The van der Waals surface area contributed by atoms with E-state index in [1.807, 2.05) is 25.7 Å². The van der Waals surface area contributed by atoms with E-state index in [1.54, 1.807) is 0 Å². The fourth-order valence-corrected chi connectivity index (χ4v) is 4.75. The van der Waals surface area contributed by atoms with Crippen molar-refractivity contribution in [2.24, 2.45) is 16.7 Å². The lowest BCUT2D eigenvalue weighted by Crippen LogP contribution is -2.52. The Kier molecular flexibility index (Phi) is 6.27. The second-order valence-corrected chi connectivity index (χ2v) is 10.5. The monoisotopic (exact) mass is 364 g/mol. The summed E-state index contributed by atoms with van der Waals surface area (Å²) in [5.41, 5.74) is -0.347. The van der Waals surface area contributed by atoms with Crippen LogP contribution in [0.4, 0.5) is 0 Å². The van der Waals surface area contributed by atoms with Crippen molar-refractivity contribution >= 4 is 11.7 Å². The highest BCUT2D eigenvalue weighted by atomic mass is 16.2. The van der Waals surface area contributed by atoms with E-state index in [0.717, 1.165) is 58.3 Å². The van der Waals surface area contributed by atoms with Gasteiger partial charge in [0.05, 0.1) is 0 Å². The van der Waals surface area contributed by atoms with Crippen LogP contribution in [0.1, 0.15) is 80.6 Å². The number of likely N-dealkylation sites (tertiary alicyclic amines) is 2. The van der Waals surface area contributed by atoms with Gasteiger partial charge in [0, 0.05) is 35.4 Å². The summed E-state index contributed by atoms with van der Waals surface area (Å²) in [6, 6.07) is 0. The lowest BCUT2D eigenvalue weighted by Gasteiger charge is -2.45. The summed E-state index contributed by atoms with van der Waals surface area (Å²) in [4.78, 5) is 30.5. The van der Waals surface area contributed by atoms with Crippen LogP contribution in [0.2, 0.25) is 0 Å². The summed E-state index contributed by atoms with van der Waals surface area (Å²) >= 11 is 0. The Morgan fingerprint density at radius 2 is 1.42 bits per heavy atom. The number of piperidine rings is 2. The van der Waals surface area contributed by atoms with Crippen LogP contribution >= 0.6 is 0 Å². The number of carbonyl (C=O) groups is 2. The standard InChI is InChI=1S/C22H40N2O2/c1-8-22(19(26)20(2,3)4)11-15-23(16-12-22)18(25)17-9-13-24(14-10-17)21(5,6)7/h17H,8-16H2,1-7H3. The fraction of sp³-hybridized carbons (Fsp3) is 0.909. The summed E-state index contributed by atoms with van der Waals surface area (Å²) in [5, 5.41) is 0. The van der Waals surface area contributed by atoms with Crippen molar-refractivity contribution in [1.29, 1.82) is 0 Å². The highest BCUT2D eigenvalue weighted by Gasteiger charge is 2.45. The van der Waals surface area contributed by atoms with Crippen molar-refractivity contribution < 1.29 is 9.59 Å². The molecule has 2 heterocycles. The van der Waals surface area contributed by atoms with Gasteiger partial charge in [-0.1, -0.05) is 27.7 Å². The minimum absolute atomic E-state index is 0.168. The number of Topliss-reactive ketones (excluding diaryl/α,β-unsaturated/α-hetero) is 1. The molecule has 4 heteroatoms. The third kappa shape index (κ3) is 4.49. The minimum Gasteiger partial charge on any atom is -0.342 e. The summed E-state index contributed by atoms with van der Waals surface area (Å²) < 4.78 is 0. The number of ketones is 1. The molecule has 0 saturated carbocycles. The molecule has 0 bridgehead atoms. The van der Waals surface area contributed by atoms with Crippen LogP contribution in [0.5, 0.6) is 0 Å². The highest BCUT2D eigenvalue weighted by molar-refractivity contribution is 5.89. The number of rotatable bonds is 3. The molecule has 2 fully saturated rings. The molecule has 0 unspecified atom stereocenters. The zero-order chi connectivity index (χ0) is 19.8. The molecule has 0 aliphatic carbocycles. The maximum atomic E-state index is 13.0. The Labute approximate surface area is 160 Å². The van der Waals surface area contributed by atoms with Crippen molar-refractivity contribution in [3.63, 3.8) is 0 Å². The Bertz CT molecular complexity index is 511. The molecule has 26 heavy (non-hydrogen) atoms. The summed E-state index contributed by atoms with van der Waals surface area (Å²) in [5.74, 6) is 0.866. The number of nitrogens with zero attached hydrogens (tertiary/aromatic N) is 2. The quantitative estimate of drug-likeness (QED) is 0.756. The third-order valence-electron chi connectivity index (χ3n) is 6.66. The molecule has 0 aromatic rings. The van der Waals surface area contributed by atoms with Gasteiger partial charge in [-0.25, -0.2) is 0 Å². The molecule has 0 radical (unpaired) electrons. The van der Waals surface area contributed by atoms with Crippen molar-refractivity contribution in [3.8, 4) is 0 Å². The molecule has 150 valence electrons. The van der Waals surface area contributed by atoms with Gasteiger partial charge in [-0.3, -0.25) is 14.5 Å². The second kappa shape index (κ2) is 7.61. The molecule has 0 atom stereocenters. The Morgan fingerprint density at radius 3 is 1.81 bits per heavy atom. The average Bonchev–Trinajstić information content (AvgIpc) is 2.59. The first-order valence-corrected chi connectivity index (χ1v) is 10.5. The van der Waals surface area contributed by atoms with Crippen molar-refractivity contribution in [1.82, 2.24) is 9.80 Å². The van der Waals surface area contributed by atoms with Gasteiger partial charge in [0.15, 0.2) is 0 Å². The zero-order valence-corrected chi connectivity index (χ0v) is 18.2. The maximum absolute atomic E-state index is 13.0. The number of carbonyl (C=O) groups excluding carboxylic acids is 2. The smallest absolute Gasteiger partial charge is 0.225 e. The SMILES string of the molecule is CCC1(C(=O)C(C)(C)C)CCN(C(=O)C2CCN(C(C)(C)C)CC2)CC1. The number of amides is 1. The largest absolute Gasteiger partial charge is 0.342 e. The van der Waals surface area contributed by atoms with Gasteiger partial charge in [0.25, 0.3) is 0 Å². The first-order valence-electron chi connectivity index (χ1n) is 10.5. The Balaban J connectivity index is 1.93. The van der Waals surface area contributed by atoms with Gasteiger partial charge in [0.2, 0.25) is 5.91 Å². The van der Waals surface area contributed by atoms with Gasteiger partial charge in [-0.05, 0) is 66.0 Å². The van der Waals surface area contributed by atoms with Crippen LogP contribution < -0.4 is 0 Å². The number of hydrogen-bond acceptors (Lipinski definition) is 3. The summed E-state index contributed by atoms with van der Waals surface area (Å²) in [6.45, 7) is 18.4. The van der Waals surface area contributed by atoms with Crippen molar-refractivity contribution in [2.45, 2.75) is 86.1 Å². The first kappa shape index (κ1) is 21.4. The van der Waals surface area contributed by atoms with E-state index in [4.69, 9.17) is 0 Å². The van der Waals surface area contributed by atoms with Gasteiger partial charge in [-0.15, -0.1) is 0 Å². The summed E-state index contributed by atoms with van der Waals surface area (Å²) in [6.07, 6.45) is 4.46. The van der Waals surface area contributed by atoms with Crippen LogP contribution in [0.3, 0.4) is 0 Å². The first-order chi connectivity index (χ1) is 11.9. The van der Waals surface area contributed by atoms with E-state index in [-0.39, 0.29) is 22.3 Å². The lowest BCUT2D eigenvalue weighted by atomic mass is 9.65. The van der Waals surface area contributed by atoms with Crippen LogP contribution in [0.25, 0.3) is 0 Å². The molecule has 0 aromatic heterocycles. The molecule has 2 rings (SSSR count). The van der Waals surface area contributed by atoms with Gasteiger partial charge >= 0.3 is 0 Å². The van der Waals surface area contributed by atoms with E-state index < -0.39 is 0 Å². The second-order valence-electron chi connectivity index (χ2n) is 10.5. The van der Waals surface area contributed by atoms with Crippen LogP contribution in [0.15, 0.2) is 0 Å². The van der Waals surface area contributed by atoms with Crippen molar-refractivity contribution in [2.75, 3.05) is 26.2 Å². The van der Waals surface area contributed by atoms with Gasteiger partial charge in [0.1, 0.15) is 5.78 Å². The molecule has 1 amide bonds. The molecular weight excluding hydrogens is 324 g/mol. The molecular formula is C22H40N2O2. The average molecular weight is 365 g/mol. The van der Waals surface area contributed by atoms with Gasteiger partial charge < -0.3 is 4.90 Å². The predicted molar refractivity (Wildman–Crippen MR) is 107 cm³/mol. The lowest BCUT2D eigenvalue weighted by molar-refractivity contribution is -0.147. The van der Waals surface area contributed by atoms with Crippen LogP contribution in [-0.2, 0) is 9.59 Å². The Hall–Kier alpha value is -0.900. The molecule has 2 saturated heterocycles. The molecule has 0 N–H and O–H groups in total. The van der Waals surface area contributed by atoms with E-state index in [2.05, 4.69) is 32.6 Å². The minimum atomic E-state index is -0.304. The van der Waals surface area contributed by atoms with Crippen molar-refractivity contribution in [3.05, 3.63) is 0 Å². The topological polar surface area (TPSA) is 40.6 Å². The molecule has 2 aliphatic heterocycles. The molecule has 4 nitrogen and oxygen atoms in total. The van der Waals surface area contributed by atoms with Gasteiger partial charge in [-0.2, -0.15) is 0 Å². The fourth-order valence-electron chi connectivity index (χ4n) is 4.75. The third-order valence-corrected chi connectivity index (χ3v) is 6.66. The van der Waals surface area contributed by atoms with Crippen LogP contribution in [0, 0.1) is 16.7 Å². The zero-order valence-electron chi connectivity index (χ0n) is 18.2. The highest BCUT2D eigenvalue weighted by Crippen LogP contribution is 2.41. The molecule has 2 aliphatic rings. The number of hydrogen-bond donors (Lipinski definition) is 0. The predicted octanol–water partition coefficient (Wildman–Crippen LogP) is 4.13. The van der Waals surface area contributed by atoms with E-state index in [9.17, 15) is 9.59 Å². The van der Waals surface area contributed by atoms with Crippen LogP contribution in [-0.4, -0.2) is 53.2 Å². The summed E-state index contributed by atoms with van der Waals surface area (Å²) in [7, 11) is 0. The molecule has 0 aromatic carbocycles.